The zero-order chi connectivity index (χ0) is 18.9. The average Bonchev–Trinajstić information content (AvgIpc) is 2.57. The van der Waals surface area contributed by atoms with E-state index in [1.807, 2.05) is 13.8 Å². The van der Waals surface area contributed by atoms with Crippen LogP contribution in [0.15, 0.2) is 36.4 Å². The second-order valence-corrected chi connectivity index (χ2v) is 9.42. The Morgan fingerprint density at radius 1 is 1.08 bits per heavy atom. The lowest BCUT2D eigenvalue weighted by Gasteiger charge is -2.35. The lowest BCUT2D eigenvalue weighted by Crippen LogP contribution is -2.36. The minimum absolute atomic E-state index is 0.0962. The first kappa shape index (κ1) is 19.7. The highest BCUT2D eigenvalue weighted by molar-refractivity contribution is 7.54. The van der Waals surface area contributed by atoms with E-state index in [2.05, 4.69) is 0 Å². The highest BCUT2D eigenvalue weighted by Crippen LogP contribution is 2.58. The molecule has 1 heterocycles. The SMILES string of the molecule is CC1(C)CO[P+]([O-])(Oc2ccc(Cl)cc2Cc2cc(Cl)ccc2O)OC1. The van der Waals surface area contributed by atoms with Crippen molar-refractivity contribution in [3.63, 3.8) is 0 Å². The van der Waals surface area contributed by atoms with E-state index in [9.17, 15) is 10.00 Å². The van der Waals surface area contributed by atoms with Crippen molar-refractivity contribution in [1.82, 2.24) is 0 Å². The highest BCUT2D eigenvalue weighted by atomic mass is 35.5. The second kappa shape index (κ2) is 7.51. The fourth-order valence-electron chi connectivity index (χ4n) is 2.44. The number of rotatable bonds is 4. The third kappa shape index (κ3) is 4.80. The van der Waals surface area contributed by atoms with E-state index >= 15 is 0 Å². The van der Waals surface area contributed by atoms with E-state index in [0.29, 0.717) is 26.9 Å². The van der Waals surface area contributed by atoms with Crippen molar-refractivity contribution in [1.29, 1.82) is 0 Å². The van der Waals surface area contributed by atoms with Gasteiger partial charge >= 0.3 is 8.17 Å². The van der Waals surface area contributed by atoms with Crippen molar-refractivity contribution < 1.29 is 23.6 Å². The Morgan fingerprint density at radius 3 is 2.31 bits per heavy atom. The summed E-state index contributed by atoms with van der Waals surface area (Å²) >= 11 is 12.1. The Bertz CT molecular complexity index is 802. The fraction of sp³-hybridized carbons (Fsp3) is 0.333. The van der Waals surface area contributed by atoms with Crippen molar-refractivity contribution in [3.8, 4) is 11.5 Å². The molecule has 0 aromatic heterocycles. The number of halogens is 2. The van der Waals surface area contributed by atoms with Gasteiger partial charge in [0.05, 0.1) is 0 Å². The molecule has 0 unspecified atom stereocenters. The summed E-state index contributed by atoms with van der Waals surface area (Å²) in [5.41, 5.74) is 0.990. The maximum Gasteiger partial charge on any atom is 0.429 e. The van der Waals surface area contributed by atoms with Crippen molar-refractivity contribution in [3.05, 3.63) is 57.6 Å². The van der Waals surface area contributed by atoms with Crippen LogP contribution in [-0.2, 0) is 15.5 Å². The lowest BCUT2D eigenvalue weighted by molar-refractivity contribution is -0.254. The first-order valence-electron chi connectivity index (χ1n) is 8.00. The Morgan fingerprint density at radius 2 is 1.65 bits per heavy atom. The molecule has 140 valence electrons. The minimum atomic E-state index is -3.72. The number of phosphoric acid groups is 1. The molecule has 2 aromatic carbocycles. The largest absolute Gasteiger partial charge is 0.598 e. The summed E-state index contributed by atoms with van der Waals surface area (Å²) in [6, 6.07) is 9.67. The summed E-state index contributed by atoms with van der Waals surface area (Å²) in [7, 11) is -3.72. The number of phosphoric ester groups is 1. The molecule has 1 aliphatic rings. The van der Waals surface area contributed by atoms with Gasteiger partial charge in [0, 0.05) is 27.4 Å². The van der Waals surface area contributed by atoms with Crippen molar-refractivity contribution >= 4 is 31.4 Å². The highest BCUT2D eigenvalue weighted by Gasteiger charge is 2.44. The standard InChI is InChI=1S/C18H19Cl2O5P/c1-18(2)10-23-26(22,24-11-18)25-17-6-4-15(20)9-13(17)7-12-8-14(19)3-5-16(12)21/h3-6,8-9,21H,7,10-11H2,1-2H3. The summed E-state index contributed by atoms with van der Waals surface area (Å²) in [6.07, 6.45) is 0.285. The number of hydrogen-bond acceptors (Lipinski definition) is 5. The minimum Gasteiger partial charge on any atom is -0.598 e. The van der Waals surface area contributed by atoms with E-state index in [1.165, 1.54) is 6.07 Å². The first-order chi connectivity index (χ1) is 12.2. The molecule has 5 nitrogen and oxygen atoms in total. The topological polar surface area (TPSA) is 71.0 Å². The van der Waals surface area contributed by atoms with Gasteiger partial charge in [-0.3, -0.25) is 4.52 Å². The quantitative estimate of drug-likeness (QED) is 0.726. The van der Waals surface area contributed by atoms with Crippen molar-refractivity contribution in [2.75, 3.05) is 13.2 Å². The summed E-state index contributed by atoms with van der Waals surface area (Å²) in [5.74, 6) is 0.413. The van der Waals surface area contributed by atoms with E-state index in [4.69, 9.17) is 36.8 Å². The Hall–Kier alpha value is -1.07. The Balaban J connectivity index is 1.86. The zero-order valence-electron chi connectivity index (χ0n) is 14.4. The molecule has 0 saturated carbocycles. The smallest absolute Gasteiger partial charge is 0.429 e. The molecule has 3 rings (SSSR count). The van der Waals surface area contributed by atoms with E-state index in [1.54, 1.807) is 30.3 Å². The third-order valence-electron chi connectivity index (χ3n) is 3.88. The molecule has 1 N–H and O–H groups in total. The van der Waals surface area contributed by atoms with Gasteiger partial charge in [-0.1, -0.05) is 37.0 Å². The van der Waals surface area contributed by atoms with Crippen LogP contribution >= 0.6 is 31.4 Å². The van der Waals surface area contributed by atoms with Gasteiger partial charge in [-0.15, -0.1) is 0 Å². The van der Waals surface area contributed by atoms with Gasteiger partial charge < -0.3 is 10.00 Å². The molecular formula is C18H19Cl2O5P. The molecule has 1 aliphatic heterocycles. The van der Waals surface area contributed by atoms with Crippen LogP contribution in [-0.4, -0.2) is 18.3 Å². The number of phenolic OH excluding ortho intramolecular Hbond substituents is 1. The van der Waals surface area contributed by atoms with Gasteiger partial charge in [-0.25, -0.2) is 0 Å². The molecule has 0 atom stereocenters. The molecule has 1 saturated heterocycles. The van der Waals surface area contributed by atoms with Gasteiger partial charge in [0.2, 0.25) is 0 Å². The summed E-state index contributed by atoms with van der Waals surface area (Å²) < 4.78 is 16.3. The molecule has 8 heteroatoms. The van der Waals surface area contributed by atoms with Crippen LogP contribution in [0.5, 0.6) is 11.5 Å². The number of hydrogen-bond donors (Lipinski definition) is 1. The third-order valence-corrected chi connectivity index (χ3v) is 5.66. The molecular weight excluding hydrogens is 398 g/mol. The molecule has 0 amide bonds. The fourth-order valence-corrected chi connectivity index (χ4v) is 4.44. The van der Waals surface area contributed by atoms with Crippen LogP contribution in [0.1, 0.15) is 25.0 Å². The number of benzene rings is 2. The predicted octanol–water partition coefficient (Wildman–Crippen LogP) is 4.78. The van der Waals surface area contributed by atoms with Gasteiger partial charge in [-0.2, -0.15) is 9.05 Å². The summed E-state index contributed by atoms with van der Waals surface area (Å²) in [6.45, 7) is 4.43. The van der Waals surface area contributed by atoms with Crippen LogP contribution in [0, 0.1) is 5.41 Å². The normalized spacial score (nSPS) is 18.5. The van der Waals surface area contributed by atoms with Gasteiger partial charge in [0.1, 0.15) is 19.0 Å². The predicted molar refractivity (Wildman–Crippen MR) is 101 cm³/mol. The van der Waals surface area contributed by atoms with Crippen molar-refractivity contribution in [2.45, 2.75) is 20.3 Å². The summed E-state index contributed by atoms with van der Waals surface area (Å²) in [5, 5.41) is 11.0. The number of phenols is 1. The monoisotopic (exact) mass is 416 g/mol. The Kier molecular flexibility index (Phi) is 5.69. The van der Waals surface area contributed by atoms with Gasteiger partial charge in [0.25, 0.3) is 0 Å². The molecule has 26 heavy (non-hydrogen) atoms. The van der Waals surface area contributed by atoms with Crippen molar-refractivity contribution in [2.24, 2.45) is 5.41 Å². The van der Waals surface area contributed by atoms with Gasteiger partial charge in [0.15, 0.2) is 5.75 Å². The van der Waals surface area contributed by atoms with Gasteiger partial charge in [-0.05, 0) is 42.0 Å². The maximum absolute atomic E-state index is 12.7. The molecule has 0 radical (unpaired) electrons. The zero-order valence-corrected chi connectivity index (χ0v) is 16.8. The second-order valence-electron chi connectivity index (χ2n) is 6.95. The van der Waals surface area contributed by atoms with Crippen LogP contribution in [0.3, 0.4) is 0 Å². The lowest BCUT2D eigenvalue weighted by atomic mass is 9.97. The molecule has 0 bridgehead atoms. The molecule has 0 aliphatic carbocycles. The number of aromatic hydroxyl groups is 1. The van der Waals surface area contributed by atoms with Crippen LogP contribution in [0.2, 0.25) is 10.0 Å². The van der Waals surface area contributed by atoms with E-state index < -0.39 is 8.17 Å². The van der Waals surface area contributed by atoms with Crippen LogP contribution in [0.4, 0.5) is 0 Å². The van der Waals surface area contributed by atoms with E-state index in [0.717, 1.165) is 0 Å². The summed E-state index contributed by atoms with van der Waals surface area (Å²) in [4.78, 5) is 12.7. The van der Waals surface area contributed by atoms with Crippen LogP contribution in [0.25, 0.3) is 0 Å². The maximum atomic E-state index is 12.7. The molecule has 1 fully saturated rings. The molecule has 0 spiro atoms. The first-order valence-corrected chi connectivity index (χ1v) is 10.2. The average molecular weight is 417 g/mol. The van der Waals surface area contributed by atoms with E-state index in [-0.39, 0.29) is 30.8 Å². The molecule has 2 aromatic rings. The van der Waals surface area contributed by atoms with Crippen LogP contribution < -0.4 is 9.42 Å². The Labute approximate surface area is 163 Å².